The Morgan fingerprint density at radius 3 is 2.81 bits per heavy atom. The lowest BCUT2D eigenvalue weighted by Crippen LogP contribution is -2.30. The minimum absolute atomic E-state index is 0.512. The van der Waals surface area contributed by atoms with Gasteiger partial charge < -0.3 is 5.32 Å². The summed E-state index contributed by atoms with van der Waals surface area (Å²) in [6, 6.07) is 0.512. The molecule has 4 heteroatoms. The zero-order chi connectivity index (χ0) is 14.6. The second-order valence-corrected chi connectivity index (χ2v) is 8.16. The van der Waals surface area contributed by atoms with Gasteiger partial charge in [0.2, 0.25) is 0 Å². The molecule has 4 atom stereocenters. The van der Waals surface area contributed by atoms with E-state index in [0.29, 0.717) is 6.04 Å². The molecule has 0 amide bonds. The zero-order valence-corrected chi connectivity index (χ0v) is 13.8. The Labute approximate surface area is 130 Å². The summed E-state index contributed by atoms with van der Waals surface area (Å²) in [5, 5.41) is 4.95. The maximum Gasteiger partial charge on any atom is 0.138 e. The third kappa shape index (κ3) is 2.15. The monoisotopic (exact) mass is 301 g/mol. The maximum atomic E-state index is 4.54. The van der Waals surface area contributed by atoms with Crippen LogP contribution in [0.15, 0.2) is 6.33 Å². The Hall–Kier alpha value is -1.16. The number of nitrogens with one attached hydrogen (secondary N) is 1. The molecule has 4 rings (SSSR count). The van der Waals surface area contributed by atoms with Crippen LogP contribution in [0.3, 0.4) is 0 Å². The van der Waals surface area contributed by atoms with Gasteiger partial charge in [0.05, 0.1) is 5.39 Å². The molecule has 2 aliphatic carbocycles. The molecule has 0 aromatic carbocycles. The molecule has 2 aliphatic rings. The lowest BCUT2D eigenvalue weighted by molar-refractivity contribution is 0.304. The lowest BCUT2D eigenvalue weighted by Gasteiger charge is -2.29. The van der Waals surface area contributed by atoms with Gasteiger partial charge in [-0.2, -0.15) is 0 Å². The number of hydrogen-bond acceptors (Lipinski definition) is 4. The highest BCUT2D eigenvalue weighted by Gasteiger charge is 2.41. The van der Waals surface area contributed by atoms with E-state index in [2.05, 4.69) is 36.1 Å². The van der Waals surface area contributed by atoms with E-state index < -0.39 is 0 Å². The van der Waals surface area contributed by atoms with Crippen LogP contribution >= 0.6 is 11.3 Å². The molecule has 4 unspecified atom stereocenters. The smallest absolute Gasteiger partial charge is 0.138 e. The number of thiophene rings is 1. The second-order valence-electron chi connectivity index (χ2n) is 6.96. The van der Waals surface area contributed by atoms with Gasteiger partial charge in [-0.25, -0.2) is 9.97 Å². The van der Waals surface area contributed by atoms with Crippen molar-refractivity contribution in [1.29, 1.82) is 0 Å². The van der Waals surface area contributed by atoms with Crippen LogP contribution < -0.4 is 5.32 Å². The molecule has 0 radical (unpaired) electrons. The van der Waals surface area contributed by atoms with Crippen LogP contribution in [0.5, 0.6) is 0 Å². The van der Waals surface area contributed by atoms with Gasteiger partial charge in [0.15, 0.2) is 0 Å². The van der Waals surface area contributed by atoms with E-state index in [1.54, 1.807) is 17.7 Å². The SMILES string of the molecule is Cc1sc2ncnc(NC(C)C3CC4CCC3C4)c2c1C. The van der Waals surface area contributed by atoms with E-state index in [4.69, 9.17) is 0 Å². The molecule has 2 bridgehead atoms. The molecule has 0 aliphatic heterocycles. The Morgan fingerprint density at radius 1 is 1.24 bits per heavy atom. The molecule has 2 fully saturated rings. The largest absolute Gasteiger partial charge is 0.367 e. The van der Waals surface area contributed by atoms with E-state index >= 15 is 0 Å². The summed E-state index contributed by atoms with van der Waals surface area (Å²) in [5.41, 5.74) is 1.33. The molecule has 0 saturated heterocycles. The van der Waals surface area contributed by atoms with Crippen LogP contribution in [0.4, 0.5) is 5.82 Å². The van der Waals surface area contributed by atoms with Gasteiger partial charge in [-0.3, -0.25) is 0 Å². The average Bonchev–Trinajstić information content (AvgIpc) is 3.15. The zero-order valence-electron chi connectivity index (χ0n) is 13.0. The minimum atomic E-state index is 0.512. The molecule has 2 saturated carbocycles. The van der Waals surface area contributed by atoms with E-state index in [-0.39, 0.29) is 0 Å². The summed E-state index contributed by atoms with van der Waals surface area (Å²) in [5.74, 6) is 3.81. The van der Waals surface area contributed by atoms with E-state index in [0.717, 1.165) is 28.4 Å². The molecule has 112 valence electrons. The van der Waals surface area contributed by atoms with Crippen molar-refractivity contribution in [2.24, 2.45) is 17.8 Å². The predicted molar refractivity (Wildman–Crippen MR) is 88.9 cm³/mol. The van der Waals surface area contributed by atoms with Crippen LogP contribution in [0.1, 0.15) is 43.0 Å². The van der Waals surface area contributed by atoms with Crippen LogP contribution in [0, 0.1) is 31.6 Å². The summed E-state index contributed by atoms with van der Waals surface area (Å²) in [6.45, 7) is 6.70. The Bertz CT molecular complexity index is 678. The van der Waals surface area contributed by atoms with Crippen LogP contribution in [0.25, 0.3) is 10.2 Å². The highest BCUT2D eigenvalue weighted by Crippen LogP contribution is 2.50. The third-order valence-electron chi connectivity index (χ3n) is 5.76. The quantitative estimate of drug-likeness (QED) is 0.904. The Balaban J connectivity index is 1.62. The first-order chi connectivity index (χ1) is 10.1. The molecule has 1 N–H and O–H groups in total. The molecule has 0 spiro atoms. The van der Waals surface area contributed by atoms with Gasteiger partial charge in [0.1, 0.15) is 17.0 Å². The van der Waals surface area contributed by atoms with Gasteiger partial charge in [0, 0.05) is 10.9 Å². The third-order valence-corrected chi connectivity index (χ3v) is 6.88. The van der Waals surface area contributed by atoms with Crippen molar-refractivity contribution in [2.45, 2.75) is 52.5 Å². The molecule has 21 heavy (non-hydrogen) atoms. The van der Waals surface area contributed by atoms with Crippen molar-refractivity contribution in [1.82, 2.24) is 9.97 Å². The van der Waals surface area contributed by atoms with Crippen LogP contribution in [0.2, 0.25) is 0 Å². The number of anilines is 1. The number of rotatable bonds is 3. The first-order valence-corrected chi connectivity index (χ1v) is 8.92. The number of hydrogen-bond donors (Lipinski definition) is 1. The number of aromatic nitrogens is 2. The summed E-state index contributed by atoms with van der Waals surface area (Å²) >= 11 is 1.77. The minimum Gasteiger partial charge on any atom is -0.367 e. The van der Waals surface area contributed by atoms with Gasteiger partial charge in [-0.05, 0) is 63.4 Å². The summed E-state index contributed by atoms with van der Waals surface area (Å²) in [7, 11) is 0. The normalized spacial score (nSPS) is 29.2. The first-order valence-electron chi connectivity index (χ1n) is 8.10. The highest BCUT2D eigenvalue weighted by molar-refractivity contribution is 7.18. The molecule has 2 aromatic rings. The average molecular weight is 301 g/mol. The predicted octanol–water partition coefficient (Wildman–Crippen LogP) is 4.54. The van der Waals surface area contributed by atoms with E-state index in [1.165, 1.54) is 41.5 Å². The number of nitrogens with zero attached hydrogens (tertiary/aromatic N) is 2. The van der Waals surface area contributed by atoms with Crippen molar-refractivity contribution < 1.29 is 0 Å². The van der Waals surface area contributed by atoms with Gasteiger partial charge in [-0.1, -0.05) is 6.42 Å². The van der Waals surface area contributed by atoms with Crippen molar-refractivity contribution in [3.05, 3.63) is 16.8 Å². The fourth-order valence-electron chi connectivity index (χ4n) is 4.52. The fraction of sp³-hybridized carbons (Fsp3) is 0.647. The highest BCUT2D eigenvalue weighted by atomic mass is 32.1. The van der Waals surface area contributed by atoms with Crippen LogP contribution in [-0.4, -0.2) is 16.0 Å². The molecular weight excluding hydrogens is 278 g/mol. The van der Waals surface area contributed by atoms with Crippen molar-refractivity contribution in [3.8, 4) is 0 Å². The lowest BCUT2D eigenvalue weighted by atomic mass is 9.84. The molecule has 2 heterocycles. The van der Waals surface area contributed by atoms with Gasteiger partial charge in [0.25, 0.3) is 0 Å². The van der Waals surface area contributed by atoms with E-state index in [1.807, 2.05) is 0 Å². The van der Waals surface area contributed by atoms with Crippen LogP contribution in [-0.2, 0) is 0 Å². The molecule has 2 aromatic heterocycles. The Kier molecular flexibility index (Phi) is 3.18. The van der Waals surface area contributed by atoms with E-state index in [9.17, 15) is 0 Å². The van der Waals surface area contributed by atoms with Gasteiger partial charge >= 0.3 is 0 Å². The maximum absolute atomic E-state index is 4.54. The van der Waals surface area contributed by atoms with Gasteiger partial charge in [-0.15, -0.1) is 11.3 Å². The summed E-state index contributed by atoms with van der Waals surface area (Å²) < 4.78 is 0. The number of fused-ring (bicyclic) bond motifs is 3. The summed E-state index contributed by atoms with van der Waals surface area (Å²) in [4.78, 5) is 11.4. The Morgan fingerprint density at radius 2 is 2.10 bits per heavy atom. The summed E-state index contributed by atoms with van der Waals surface area (Å²) in [6.07, 6.45) is 7.49. The topological polar surface area (TPSA) is 37.8 Å². The first kappa shape index (κ1) is 13.5. The van der Waals surface area contributed by atoms with Crippen molar-refractivity contribution in [2.75, 3.05) is 5.32 Å². The standard InChI is InChI=1S/C17H23N3S/c1-9-11(3)21-17-15(9)16(18-8-19-17)20-10(2)14-7-12-4-5-13(14)6-12/h8,10,12-14H,4-7H2,1-3H3,(H,18,19,20). The number of aryl methyl sites for hydroxylation is 2. The molecular formula is C17H23N3S. The van der Waals surface area contributed by atoms with Crippen molar-refractivity contribution in [3.63, 3.8) is 0 Å². The fourth-order valence-corrected chi connectivity index (χ4v) is 5.52. The second kappa shape index (κ2) is 4.94. The van der Waals surface area contributed by atoms with Crippen molar-refractivity contribution >= 4 is 27.4 Å². The molecule has 3 nitrogen and oxygen atoms in total.